The number of nitrogens with two attached hydrogens (primary N) is 1. The molecule has 3 heteroatoms. The molecule has 70 valence electrons. The van der Waals surface area contributed by atoms with Crippen molar-refractivity contribution in [2.75, 3.05) is 0 Å². The van der Waals surface area contributed by atoms with Crippen LogP contribution in [0.15, 0.2) is 0 Å². The topological polar surface area (TPSA) is 26.0 Å². The highest BCUT2D eigenvalue weighted by Gasteiger charge is 2.59. The molecule has 2 fully saturated rings. The van der Waals surface area contributed by atoms with Gasteiger partial charge in [-0.1, -0.05) is 12.8 Å². The Kier molecular flexibility index (Phi) is 1.69. The van der Waals surface area contributed by atoms with Crippen LogP contribution in [0.1, 0.15) is 38.5 Å². The fourth-order valence-electron chi connectivity index (χ4n) is 2.75. The third-order valence-electron chi connectivity index (χ3n) is 3.45. The average molecular weight is 175 g/mol. The minimum atomic E-state index is -2.41. The standard InChI is InChI=1S/C9H15F2N/c10-9(11)5-8(6-9)4-2-1-3-7(8)12/h7H,1-6,12H2. The van der Waals surface area contributed by atoms with Crippen LogP contribution in [-0.2, 0) is 0 Å². The molecule has 2 rings (SSSR count). The SMILES string of the molecule is NC1CCCCC12CC(F)(F)C2. The van der Waals surface area contributed by atoms with Gasteiger partial charge in [-0.3, -0.25) is 0 Å². The van der Waals surface area contributed by atoms with E-state index >= 15 is 0 Å². The van der Waals surface area contributed by atoms with Gasteiger partial charge in [0.05, 0.1) is 0 Å². The summed E-state index contributed by atoms with van der Waals surface area (Å²) in [6.45, 7) is 0. The summed E-state index contributed by atoms with van der Waals surface area (Å²) in [6, 6.07) is 0.0332. The first-order valence-electron chi connectivity index (χ1n) is 4.68. The van der Waals surface area contributed by atoms with Crippen LogP contribution in [0.2, 0.25) is 0 Å². The summed E-state index contributed by atoms with van der Waals surface area (Å²) >= 11 is 0. The fraction of sp³-hybridized carbons (Fsp3) is 1.00. The molecule has 2 N–H and O–H groups in total. The first-order chi connectivity index (χ1) is 5.54. The molecule has 1 unspecified atom stereocenters. The van der Waals surface area contributed by atoms with Crippen LogP contribution in [0.5, 0.6) is 0 Å². The Hall–Kier alpha value is -0.180. The van der Waals surface area contributed by atoms with Crippen LogP contribution in [0.3, 0.4) is 0 Å². The molecule has 12 heavy (non-hydrogen) atoms. The molecule has 0 radical (unpaired) electrons. The van der Waals surface area contributed by atoms with E-state index in [1.807, 2.05) is 0 Å². The Balaban J connectivity index is 2.03. The van der Waals surface area contributed by atoms with E-state index < -0.39 is 5.92 Å². The number of alkyl halides is 2. The minimum Gasteiger partial charge on any atom is -0.327 e. The Morgan fingerprint density at radius 2 is 1.83 bits per heavy atom. The van der Waals surface area contributed by atoms with Gasteiger partial charge in [0.1, 0.15) is 0 Å². The van der Waals surface area contributed by atoms with Crippen LogP contribution in [0, 0.1) is 5.41 Å². The van der Waals surface area contributed by atoms with Gasteiger partial charge in [-0.25, -0.2) is 8.78 Å². The second-order valence-electron chi connectivity index (χ2n) is 4.42. The van der Waals surface area contributed by atoms with Crippen molar-refractivity contribution in [3.63, 3.8) is 0 Å². The van der Waals surface area contributed by atoms with Crippen molar-refractivity contribution in [2.45, 2.75) is 50.5 Å². The highest BCUT2D eigenvalue weighted by atomic mass is 19.3. The molecule has 2 saturated carbocycles. The molecular weight excluding hydrogens is 160 g/mol. The maximum Gasteiger partial charge on any atom is 0.249 e. The van der Waals surface area contributed by atoms with Crippen molar-refractivity contribution >= 4 is 0 Å². The summed E-state index contributed by atoms with van der Waals surface area (Å²) in [4.78, 5) is 0. The van der Waals surface area contributed by atoms with Crippen LogP contribution >= 0.6 is 0 Å². The highest BCUT2D eigenvalue weighted by molar-refractivity contribution is 5.05. The molecule has 0 aromatic carbocycles. The van der Waals surface area contributed by atoms with Crippen molar-refractivity contribution in [1.82, 2.24) is 0 Å². The number of rotatable bonds is 0. The van der Waals surface area contributed by atoms with Gasteiger partial charge in [-0.15, -0.1) is 0 Å². The summed E-state index contributed by atoms with van der Waals surface area (Å²) in [6.07, 6.45) is 4.15. The largest absolute Gasteiger partial charge is 0.327 e. The molecule has 1 atom stereocenters. The van der Waals surface area contributed by atoms with Crippen molar-refractivity contribution in [3.8, 4) is 0 Å². The van der Waals surface area contributed by atoms with E-state index in [4.69, 9.17) is 5.73 Å². The third-order valence-corrected chi connectivity index (χ3v) is 3.45. The molecule has 0 bridgehead atoms. The predicted molar refractivity (Wildman–Crippen MR) is 43.1 cm³/mol. The summed E-state index contributed by atoms with van der Waals surface area (Å²) < 4.78 is 25.4. The van der Waals surface area contributed by atoms with Crippen molar-refractivity contribution in [2.24, 2.45) is 11.1 Å². The lowest BCUT2D eigenvalue weighted by Gasteiger charge is -2.53. The molecule has 0 saturated heterocycles. The van der Waals surface area contributed by atoms with E-state index in [1.54, 1.807) is 0 Å². The highest BCUT2D eigenvalue weighted by Crippen LogP contribution is 2.58. The predicted octanol–water partition coefficient (Wildman–Crippen LogP) is 2.30. The van der Waals surface area contributed by atoms with E-state index in [0.29, 0.717) is 0 Å². The first kappa shape index (κ1) is 8.42. The lowest BCUT2D eigenvalue weighted by molar-refractivity contribution is -0.179. The molecular formula is C9H15F2N. The van der Waals surface area contributed by atoms with Gasteiger partial charge in [0.2, 0.25) is 5.92 Å². The Morgan fingerprint density at radius 3 is 2.33 bits per heavy atom. The quantitative estimate of drug-likeness (QED) is 0.600. The molecule has 0 aromatic heterocycles. The zero-order chi connectivity index (χ0) is 8.82. The molecule has 0 aromatic rings. The molecule has 1 spiro atoms. The van der Waals surface area contributed by atoms with Gasteiger partial charge in [0.25, 0.3) is 0 Å². The van der Waals surface area contributed by atoms with Crippen molar-refractivity contribution in [1.29, 1.82) is 0 Å². The van der Waals surface area contributed by atoms with Gasteiger partial charge in [0, 0.05) is 18.9 Å². The summed E-state index contributed by atoms with van der Waals surface area (Å²) in [5, 5.41) is 0. The zero-order valence-corrected chi connectivity index (χ0v) is 7.15. The average Bonchev–Trinajstić information content (AvgIpc) is 1.91. The monoisotopic (exact) mass is 175 g/mol. The second-order valence-corrected chi connectivity index (χ2v) is 4.42. The third kappa shape index (κ3) is 1.15. The number of hydrogen-bond donors (Lipinski definition) is 1. The maximum atomic E-state index is 12.7. The molecule has 2 aliphatic carbocycles. The van der Waals surface area contributed by atoms with Crippen LogP contribution in [-0.4, -0.2) is 12.0 Å². The fourth-order valence-corrected chi connectivity index (χ4v) is 2.75. The molecule has 0 aliphatic heterocycles. The Bertz CT molecular complexity index is 183. The van der Waals surface area contributed by atoms with E-state index in [2.05, 4.69) is 0 Å². The zero-order valence-electron chi connectivity index (χ0n) is 7.15. The maximum absolute atomic E-state index is 12.7. The van der Waals surface area contributed by atoms with Gasteiger partial charge in [-0.05, 0) is 18.3 Å². The Morgan fingerprint density at radius 1 is 1.17 bits per heavy atom. The van der Waals surface area contributed by atoms with Crippen LogP contribution < -0.4 is 5.73 Å². The van der Waals surface area contributed by atoms with Gasteiger partial charge in [-0.2, -0.15) is 0 Å². The molecule has 0 heterocycles. The van der Waals surface area contributed by atoms with Crippen LogP contribution in [0.25, 0.3) is 0 Å². The second kappa shape index (κ2) is 2.41. The van der Waals surface area contributed by atoms with Gasteiger partial charge >= 0.3 is 0 Å². The van der Waals surface area contributed by atoms with Crippen molar-refractivity contribution in [3.05, 3.63) is 0 Å². The normalized spacial score (nSPS) is 37.8. The molecule has 0 amide bonds. The van der Waals surface area contributed by atoms with Gasteiger partial charge < -0.3 is 5.73 Å². The molecule has 2 aliphatic rings. The lowest BCUT2D eigenvalue weighted by atomic mass is 9.56. The number of hydrogen-bond acceptors (Lipinski definition) is 1. The summed E-state index contributed by atoms with van der Waals surface area (Å²) in [5.74, 6) is -2.41. The Labute approximate surface area is 71.3 Å². The van der Waals surface area contributed by atoms with E-state index in [1.165, 1.54) is 0 Å². The van der Waals surface area contributed by atoms with E-state index in [9.17, 15) is 8.78 Å². The van der Waals surface area contributed by atoms with E-state index in [0.717, 1.165) is 25.7 Å². The molecule has 1 nitrogen and oxygen atoms in total. The lowest BCUT2D eigenvalue weighted by Crippen LogP contribution is -2.57. The smallest absolute Gasteiger partial charge is 0.249 e. The number of halogens is 2. The van der Waals surface area contributed by atoms with E-state index in [-0.39, 0.29) is 24.3 Å². The summed E-state index contributed by atoms with van der Waals surface area (Å²) in [5.41, 5.74) is 5.68. The van der Waals surface area contributed by atoms with Crippen LogP contribution in [0.4, 0.5) is 8.78 Å². The first-order valence-corrected chi connectivity index (χ1v) is 4.68. The van der Waals surface area contributed by atoms with Crippen molar-refractivity contribution < 1.29 is 8.78 Å². The van der Waals surface area contributed by atoms with Gasteiger partial charge in [0.15, 0.2) is 0 Å². The minimum absolute atomic E-state index is 0.0332. The summed E-state index contributed by atoms with van der Waals surface area (Å²) in [7, 11) is 0.